The first-order chi connectivity index (χ1) is 9.40. The summed E-state index contributed by atoms with van der Waals surface area (Å²) >= 11 is 3.67. The minimum Gasteiger partial charge on any atom is -0.395 e. The molecule has 3 heteroatoms. The van der Waals surface area contributed by atoms with Crippen LogP contribution in [0.5, 0.6) is 0 Å². The lowest BCUT2D eigenvalue weighted by atomic mass is 10.2. The minimum absolute atomic E-state index is 0.134. The maximum absolute atomic E-state index is 8.73. The molecule has 0 amide bonds. The number of thiophene rings is 1. The van der Waals surface area contributed by atoms with Gasteiger partial charge in [-0.15, -0.1) is 11.3 Å². The molecule has 1 aromatic carbocycles. The molecule has 2 aromatic rings. The second-order valence-corrected chi connectivity index (χ2v) is 6.00. The highest BCUT2D eigenvalue weighted by Gasteiger charge is 2.02. The molecule has 0 aliphatic carbocycles. The van der Waals surface area contributed by atoms with Gasteiger partial charge in [0.15, 0.2) is 0 Å². The predicted molar refractivity (Wildman–Crippen MR) is 84.3 cm³/mol. The Bertz CT molecular complexity index is 549. The van der Waals surface area contributed by atoms with Gasteiger partial charge in [-0.1, -0.05) is 42.2 Å². The molecule has 0 fully saturated rings. The maximum atomic E-state index is 8.73. The lowest BCUT2D eigenvalue weighted by Gasteiger charge is -2.01. The largest absolute Gasteiger partial charge is 0.395 e. The van der Waals surface area contributed by atoms with Crippen molar-refractivity contribution in [3.8, 4) is 11.8 Å². The van der Waals surface area contributed by atoms with E-state index >= 15 is 0 Å². The summed E-state index contributed by atoms with van der Waals surface area (Å²) in [5, 5.41) is 10.8. The van der Waals surface area contributed by atoms with E-state index in [9.17, 15) is 0 Å². The summed E-state index contributed by atoms with van der Waals surface area (Å²) in [6.07, 6.45) is 0.548. The SMILES string of the molecule is OCCC#Cc1ccsc1CSCc1ccccc1. The Morgan fingerprint density at radius 2 is 1.95 bits per heavy atom. The zero-order valence-electron chi connectivity index (χ0n) is 10.6. The van der Waals surface area contributed by atoms with Crippen molar-refractivity contribution in [2.45, 2.75) is 17.9 Å². The summed E-state index contributed by atoms with van der Waals surface area (Å²) in [5.74, 6) is 8.14. The number of rotatable bonds is 5. The lowest BCUT2D eigenvalue weighted by molar-refractivity contribution is 0.305. The van der Waals surface area contributed by atoms with Crippen LogP contribution in [0.2, 0.25) is 0 Å². The van der Waals surface area contributed by atoms with Gasteiger partial charge in [0.2, 0.25) is 0 Å². The molecule has 0 atom stereocenters. The highest BCUT2D eigenvalue weighted by atomic mass is 32.2. The predicted octanol–water partition coefficient (Wildman–Crippen LogP) is 3.92. The van der Waals surface area contributed by atoms with Gasteiger partial charge in [0.05, 0.1) is 6.61 Å². The molecule has 0 unspecified atom stereocenters. The van der Waals surface area contributed by atoms with Crippen molar-refractivity contribution in [1.82, 2.24) is 0 Å². The topological polar surface area (TPSA) is 20.2 Å². The van der Waals surface area contributed by atoms with Crippen LogP contribution in [0.1, 0.15) is 22.4 Å². The molecule has 1 aromatic heterocycles. The van der Waals surface area contributed by atoms with Gasteiger partial charge in [-0.2, -0.15) is 11.8 Å². The van der Waals surface area contributed by atoms with Crippen LogP contribution in [-0.2, 0) is 11.5 Å². The van der Waals surface area contributed by atoms with Crippen molar-refractivity contribution in [2.75, 3.05) is 6.61 Å². The Balaban J connectivity index is 1.87. The summed E-state index contributed by atoms with van der Waals surface area (Å²) in [4.78, 5) is 1.33. The number of hydrogen-bond acceptors (Lipinski definition) is 3. The van der Waals surface area contributed by atoms with Gasteiger partial charge >= 0.3 is 0 Å². The van der Waals surface area contributed by atoms with E-state index in [1.807, 2.05) is 17.8 Å². The lowest BCUT2D eigenvalue weighted by Crippen LogP contribution is -1.83. The van der Waals surface area contributed by atoms with Crippen molar-refractivity contribution >= 4 is 23.1 Å². The van der Waals surface area contributed by atoms with Gasteiger partial charge in [-0.25, -0.2) is 0 Å². The van der Waals surface area contributed by atoms with Gasteiger partial charge in [0, 0.05) is 28.4 Å². The van der Waals surface area contributed by atoms with Crippen LogP contribution in [0.3, 0.4) is 0 Å². The third-order valence-electron chi connectivity index (χ3n) is 2.55. The summed E-state index contributed by atoms with van der Waals surface area (Å²) in [6, 6.07) is 12.6. The van der Waals surface area contributed by atoms with Crippen LogP contribution in [0.25, 0.3) is 0 Å². The first-order valence-corrected chi connectivity index (χ1v) is 8.21. The van der Waals surface area contributed by atoms with Crippen molar-refractivity contribution in [3.63, 3.8) is 0 Å². The van der Waals surface area contributed by atoms with E-state index in [0.717, 1.165) is 17.1 Å². The van der Waals surface area contributed by atoms with Gasteiger partial charge in [0.25, 0.3) is 0 Å². The Hall–Kier alpha value is -1.21. The van der Waals surface area contributed by atoms with Crippen molar-refractivity contribution in [3.05, 3.63) is 57.8 Å². The zero-order chi connectivity index (χ0) is 13.3. The fraction of sp³-hybridized carbons (Fsp3) is 0.250. The molecular weight excluding hydrogens is 272 g/mol. The number of aliphatic hydroxyl groups excluding tert-OH is 1. The molecule has 0 aliphatic rings. The van der Waals surface area contributed by atoms with E-state index in [1.165, 1.54) is 10.4 Å². The van der Waals surface area contributed by atoms with E-state index < -0.39 is 0 Å². The Labute approximate surface area is 122 Å². The van der Waals surface area contributed by atoms with Crippen LogP contribution in [0, 0.1) is 11.8 Å². The van der Waals surface area contributed by atoms with Crippen LogP contribution < -0.4 is 0 Å². The molecule has 0 saturated carbocycles. The summed E-state index contributed by atoms with van der Waals surface area (Å²) in [6.45, 7) is 0.134. The maximum Gasteiger partial charge on any atom is 0.0540 e. The average Bonchev–Trinajstić information content (AvgIpc) is 2.88. The van der Waals surface area contributed by atoms with E-state index in [1.54, 1.807) is 11.3 Å². The van der Waals surface area contributed by atoms with E-state index in [2.05, 4.69) is 47.6 Å². The van der Waals surface area contributed by atoms with Crippen LogP contribution in [0.15, 0.2) is 41.8 Å². The molecule has 2 rings (SSSR count). The molecule has 0 aliphatic heterocycles. The normalized spacial score (nSPS) is 9.95. The fourth-order valence-corrected chi connectivity index (χ4v) is 3.62. The molecule has 0 spiro atoms. The first kappa shape index (κ1) is 14.2. The molecule has 1 N–H and O–H groups in total. The quantitative estimate of drug-likeness (QED) is 0.842. The van der Waals surface area contributed by atoms with E-state index in [0.29, 0.717) is 6.42 Å². The highest BCUT2D eigenvalue weighted by Crippen LogP contribution is 2.24. The van der Waals surface area contributed by atoms with Crippen molar-refractivity contribution in [1.29, 1.82) is 0 Å². The molecule has 1 heterocycles. The Morgan fingerprint density at radius 3 is 2.74 bits per heavy atom. The number of thioether (sulfide) groups is 1. The van der Waals surface area contributed by atoms with E-state index in [-0.39, 0.29) is 6.61 Å². The molecule has 98 valence electrons. The summed E-state index contributed by atoms with van der Waals surface area (Å²) in [7, 11) is 0. The highest BCUT2D eigenvalue weighted by molar-refractivity contribution is 7.97. The second kappa shape index (κ2) is 8.06. The molecule has 0 bridgehead atoms. The van der Waals surface area contributed by atoms with Crippen LogP contribution in [-0.4, -0.2) is 11.7 Å². The fourth-order valence-electron chi connectivity index (χ4n) is 1.61. The molecule has 19 heavy (non-hydrogen) atoms. The van der Waals surface area contributed by atoms with Crippen molar-refractivity contribution < 1.29 is 5.11 Å². The smallest absolute Gasteiger partial charge is 0.0540 e. The van der Waals surface area contributed by atoms with E-state index in [4.69, 9.17) is 5.11 Å². The van der Waals surface area contributed by atoms with Crippen molar-refractivity contribution in [2.24, 2.45) is 0 Å². The Kier molecular flexibility index (Phi) is 6.03. The number of aliphatic hydroxyl groups is 1. The minimum atomic E-state index is 0.134. The van der Waals surface area contributed by atoms with Crippen LogP contribution >= 0.6 is 23.1 Å². The zero-order valence-corrected chi connectivity index (χ0v) is 12.3. The Morgan fingerprint density at radius 1 is 1.11 bits per heavy atom. The van der Waals surface area contributed by atoms with Gasteiger partial charge < -0.3 is 5.11 Å². The van der Waals surface area contributed by atoms with Gasteiger partial charge in [0.1, 0.15) is 0 Å². The third kappa shape index (κ3) is 4.76. The average molecular weight is 288 g/mol. The van der Waals surface area contributed by atoms with Gasteiger partial charge in [-0.05, 0) is 17.0 Å². The summed E-state index contributed by atoms with van der Waals surface area (Å²) < 4.78 is 0. The number of hydrogen-bond donors (Lipinski definition) is 1. The summed E-state index contributed by atoms with van der Waals surface area (Å²) in [5.41, 5.74) is 2.47. The van der Waals surface area contributed by atoms with Gasteiger partial charge in [-0.3, -0.25) is 0 Å². The monoisotopic (exact) mass is 288 g/mol. The molecular formula is C16H16OS2. The second-order valence-electron chi connectivity index (χ2n) is 4.01. The molecule has 0 saturated heterocycles. The molecule has 0 radical (unpaired) electrons. The first-order valence-electron chi connectivity index (χ1n) is 6.18. The third-order valence-corrected chi connectivity index (χ3v) is 4.68. The standard InChI is InChI=1S/C16H16OS2/c17-10-5-4-8-15-9-11-19-16(15)13-18-12-14-6-2-1-3-7-14/h1-3,6-7,9,11,17H,5,10,12-13H2. The molecule has 1 nitrogen and oxygen atoms in total. The number of benzene rings is 1. The van der Waals surface area contributed by atoms with Crippen LogP contribution in [0.4, 0.5) is 0 Å².